The lowest BCUT2D eigenvalue weighted by atomic mass is 10.1. The molecule has 3 aromatic rings. The molecule has 0 bridgehead atoms. The van der Waals surface area contributed by atoms with Crippen LogP contribution in [0.15, 0.2) is 30.3 Å². The zero-order chi connectivity index (χ0) is 20.4. The van der Waals surface area contributed by atoms with Crippen LogP contribution in [0.2, 0.25) is 0 Å². The van der Waals surface area contributed by atoms with Crippen LogP contribution in [0.1, 0.15) is 23.7 Å². The molecule has 4 rings (SSSR count). The van der Waals surface area contributed by atoms with Gasteiger partial charge < -0.3 is 23.9 Å². The molecule has 1 fully saturated rings. The van der Waals surface area contributed by atoms with Gasteiger partial charge in [0.2, 0.25) is 5.75 Å². The lowest BCUT2D eigenvalue weighted by Gasteiger charge is -2.18. The number of imidazole rings is 1. The SMILES string of the molecule is COc1ccc2nc([C@H]3CCN(Cc4cc(OC)c(OC)c(OC)c4)C3)[nH]c2c1. The summed E-state index contributed by atoms with van der Waals surface area (Å²) in [6, 6.07) is 9.97. The predicted octanol–water partition coefficient (Wildman–Crippen LogP) is 3.59. The van der Waals surface area contributed by atoms with Crippen LogP contribution in [-0.4, -0.2) is 56.4 Å². The van der Waals surface area contributed by atoms with Crippen molar-refractivity contribution < 1.29 is 18.9 Å². The van der Waals surface area contributed by atoms with Crippen LogP contribution in [0.4, 0.5) is 0 Å². The topological polar surface area (TPSA) is 68.8 Å². The number of rotatable bonds is 7. The number of aromatic amines is 1. The van der Waals surface area contributed by atoms with Gasteiger partial charge in [0.15, 0.2) is 11.5 Å². The molecule has 29 heavy (non-hydrogen) atoms. The number of fused-ring (bicyclic) bond motifs is 1. The Labute approximate surface area is 170 Å². The first kappa shape index (κ1) is 19.4. The maximum atomic E-state index is 5.48. The fraction of sp³-hybridized carbons (Fsp3) is 0.409. The van der Waals surface area contributed by atoms with Gasteiger partial charge in [0.25, 0.3) is 0 Å². The summed E-state index contributed by atoms with van der Waals surface area (Å²) in [4.78, 5) is 10.7. The Morgan fingerprint density at radius 3 is 2.41 bits per heavy atom. The third-order valence-corrected chi connectivity index (χ3v) is 5.50. The smallest absolute Gasteiger partial charge is 0.203 e. The fourth-order valence-electron chi connectivity index (χ4n) is 4.01. The summed E-state index contributed by atoms with van der Waals surface area (Å²) in [7, 11) is 6.58. The average Bonchev–Trinajstić information content (AvgIpc) is 3.38. The van der Waals surface area contributed by atoms with E-state index in [-0.39, 0.29) is 0 Å². The summed E-state index contributed by atoms with van der Waals surface area (Å²) in [6.07, 6.45) is 1.07. The molecular formula is C22H27N3O4. The number of H-pyrrole nitrogens is 1. The van der Waals surface area contributed by atoms with Gasteiger partial charge in [-0.3, -0.25) is 4.90 Å². The molecule has 0 spiro atoms. The second-order valence-electron chi connectivity index (χ2n) is 7.26. The van der Waals surface area contributed by atoms with Crippen molar-refractivity contribution in [2.24, 2.45) is 0 Å². The van der Waals surface area contributed by atoms with Crippen LogP contribution in [0.25, 0.3) is 11.0 Å². The van der Waals surface area contributed by atoms with Crippen LogP contribution in [0.5, 0.6) is 23.0 Å². The Balaban J connectivity index is 1.49. The van der Waals surface area contributed by atoms with Gasteiger partial charge >= 0.3 is 0 Å². The van der Waals surface area contributed by atoms with Gasteiger partial charge in [-0.25, -0.2) is 4.98 Å². The van der Waals surface area contributed by atoms with Crippen molar-refractivity contribution in [3.63, 3.8) is 0 Å². The van der Waals surface area contributed by atoms with E-state index in [9.17, 15) is 0 Å². The molecule has 1 saturated heterocycles. The molecule has 1 aromatic heterocycles. The van der Waals surface area contributed by atoms with Crippen LogP contribution in [0.3, 0.4) is 0 Å². The number of benzene rings is 2. The molecule has 1 aliphatic rings. The zero-order valence-electron chi connectivity index (χ0n) is 17.3. The largest absolute Gasteiger partial charge is 0.497 e. The Bertz CT molecular complexity index is 976. The molecule has 2 aromatic carbocycles. The van der Waals surface area contributed by atoms with Gasteiger partial charge in [-0.15, -0.1) is 0 Å². The number of aromatic nitrogens is 2. The molecule has 2 heterocycles. The third-order valence-electron chi connectivity index (χ3n) is 5.50. The number of nitrogens with one attached hydrogen (secondary N) is 1. The van der Waals surface area contributed by atoms with E-state index in [1.165, 1.54) is 0 Å². The van der Waals surface area contributed by atoms with E-state index < -0.39 is 0 Å². The van der Waals surface area contributed by atoms with Crippen molar-refractivity contribution in [1.82, 2.24) is 14.9 Å². The Morgan fingerprint density at radius 1 is 1.00 bits per heavy atom. The van der Waals surface area contributed by atoms with Crippen molar-refractivity contribution in [3.8, 4) is 23.0 Å². The number of nitrogens with zero attached hydrogens (tertiary/aromatic N) is 2. The molecule has 0 unspecified atom stereocenters. The molecule has 0 aliphatic carbocycles. The van der Waals surface area contributed by atoms with Crippen molar-refractivity contribution in [2.45, 2.75) is 18.9 Å². The van der Waals surface area contributed by atoms with Gasteiger partial charge in [0, 0.05) is 25.1 Å². The standard InChI is InChI=1S/C22H27N3O4/c1-26-16-5-6-17-18(11-16)24-22(23-17)15-7-8-25(13-15)12-14-9-19(27-2)21(29-4)20(10-14)28-3/h5-6,9-11,15H,7-8,12-13H2,1-4H3,(H,23,24)/t15-/m0/s1. The maximum Gasteiger partial charge on any atom is 0.203 e. The number of hydrogen-bond acceptors (Lipinski definition) is 6. The molecule has 0 saturated carbocycles. The summed E-state index contributed by atoms with van der Waals surface area (Å²) in [6.45, 7) is 2.79. The molecule has 7 heteroatoms. The first-order valence-corrected chi connectivity index (χ1v) is 9.70. The normalized spacial score (nSPS) is 16.9. The summed E-state index contributed by atoms with van der Waals surface area (Å²) >= 11 is 0. The van der Waals surface area contributed by atoms with E-state index in [1.54, 1.807) is 28.4 Å². The van der Waals surface area contributed by atoms with E-state index in [2.05, 4.69) is 9.88 Å². The van der Waals surface area contributed by atoms with Crippen molar-refractivity contribution >= 4 is 11.0 Å². The van der Waals surface area contributed by atoms with Crippen molar-refractivity contribution in [1.29, 1.82) is 0 Å². The van der Waals surface area contributed by atoms with Gasteiger partial charge in [-0.05, 0) is 42.8 Å². The second-order valence-corrected chi connectivity index (χ2v) is 7.26. The monoisotopic (exact) mass is 397 g/mol. The van der Waals surface area contributed by atoms with Crippen LogP contribution in [-0.2, 0) is 6.54 Å². The average molecular weight is 397 g/mol. The molecule has 154 valence electrons. The lowest BCUT2D eigenvalue weighted by Crippen LogP contribution is -2.20. The molecule has 0 radical (unpaired) electrons. The van der Waals surface area contributed by atoms with Crippen molar-refractivity contribution in [2.75, 3.05) is 41.5 Å². The number of ether oxygens (including phenoxy) is 4. The van der Waals surface area contributed by atoms with Crippen LogP contribution < -0.4 is 18.9 Å². The Kier molecular flexibility index (Phi) is 5.49. The minimum absolute atomic E-state index is 0.385. The van der Waals surface area contributed by atoms with Crippen LogP contribution in [0, 0.1) is 0 Å². The highest BCUT2D eigenvalue weighted by molar-refractivity contribution is 5.76. The van der Waals surface area contributed by atoms with Gasteiger partial charge in [-0.1, -0.05) is 0 Å². The Hall–Kier alpha value is -2.93. The van der Waals surface area contributed by atoms with E-state index in [1.807, 2.05) is 30.3 Å². The molecule has 1 aliphatic heterocycles. The maximum absolute atomic E-state index is 5.48. The first-order valence-electron chi connectivity index (χ1n) is 9.70. The van der Waals surface area contributed by atoms with Gasteiger partial charge in [-0.2, -0.15) is 0 Å². The molecule has 1 N–H and O–H groups in total. The minimum Gasteiger partial charge on any atom is -0.497 e. The summed E-state index contributed by atoms with van der Waals surface area (Å²) in [5.74, 6) is 4.25. The highest BCUT2D eigenvalue weighted by atomic mass is 16.5. The van der Waals surface area contributed by atoms with Crippen molar-refractivity contribution in [3.05, 3.63) is 41.7 Å². The summed E-state index contributed by atoms with van der Waals surface area (Å²) in [5.41, 5.74) is 3.13. The first-order chi connectivity index (χ1) is 14.1. The minimum atomic E-state index is 0.385. The summed E-state index contributed by atoms with van der Waals surface area (Å²) in [5, 5.41) is 0. The van der Waals surface area contributed by atoms with E-state index >= 15 is 0 Å². The van der Waals surface area contributed by atoms with Gasteiger partial charge in [0.1, 0.15) is 11.6 Å². The predicted molar refractivity (Wildman–Crippen MR) is 111 cm³/mol. The molecule has 1 atom stereocenters. The number of methoxy groups -OCH3 is 4. The third kappa shape index (κ3) is 3.82. The zero-order valence-corrected chi connectivity index (χ0v) is 17.3. The quantitative estimate of drug-likeness (QED) is 0.657. The fourth-order valence-corrected chi connectivity index (χ4v) is 4.01. The highest BCUT2D eigenvalue weighted by Gasteiger charge is 2.27. The molecule has 0 amide bonds. The van der Waals surface area contributed by atoms with E-state index in [4.69, 9.17) is 23.9 Å². The summed E-state index contributed by atoms with van der Waals surface area (Å²) < 4.78 is 21.7. The highest BCUT2D eigenvalue weighted by Crippen LogP contribution is 2.39. The second kappa shape index (κ2) is 8.21. The van der Waals surface area contributed by atoms with Crippen LogP contribution >= 0.6 is 0 Å². The van der Waals surface area contributed by atoms with E-state index in [0.29, 0.717) is 23.2 Å². The molecular weight excluding hydrogens is 370 g/mol. The molecule has 7 nitrogen and oxygen atoms in total. The Morgan fingerprint density at radius 2 is 1.76 bits per heavy atom. The van der Waals surface area contributed by atoms with E-state index in [0.717, 1.165) is 54.2 Å². The lowest BCUT2D eigenvalue weighted by molar-refractivity contribution is 0.312. The number of hydrogen-bond donors (Lipinski definition) is 1. The van der Waals surface area contributed by atoms with Gasteiger partial charge in [0.05, 0.1) is 39.5 Å². The number of likely N-dealkylation sites (tertiary alicyclic amines) is 1.